The van der Waals surface area contributed by atoms with E-state index in [1.54, 1.807) is 4.90 Å². The van der Waals surface area contributed by atoms with Crippen molar-refractivity contribution in [1.82, 2.24) is 15.5 Å². The van der Waals surface area contributed by atoms with E-state index < -0.39 is 18.2 Å². The van der Waals surface area contributed by atoms with Gasteiger partial charge in [0.15, 0.2) is 0 Å². The molecule has 1 aliphatic carbocycles. The third-order valence-corrected chi connectivity index (χ3v) is 7.50. The number of morpholine rings is 1. The molecule has 0 unspecified atom stereocenters. The molecule has 0 aromatic heterocycles. The van der Waals surface area contributed by atoms with Gasteiger partial charge in [-0.3, -0.25) is 4.79 Å². The average Bonchev–Trinajstić information content (AvgIpc) is 3.19. The maximum Gasteiger partial charge on any atom is 0.318 e. The second-order valence-corrected chi connectivity index (χ2v) is 10.3. The van der Waals surface area contributed by atoms with Crippen LogP contribution in [-0.4, -0.2) is 92.4 Å². The van der Waals surface area contributed by atoms with E-state index in [1.807, 2.05) is 0 Å². The molecular formula is C26H47N3O6. The molecule has 0 bridgehead atoms. The summed E-state index contributed by atoms with van der Waals surface area (Å²) >= 11 is 0. The van der Waals surface area contributed by atoms with Crippen LogP contribution in [0.3, 0.4) is 0 Å². The molecule has 9 heteroatoms. The predicted molar refractivity (Wildman–Crippen MR) is 133 cm³/mol. The van der Waals surface area contributed by atoms with Crippen LogP contribution in [0, 0.1) is 5.92 Å². The first-order valence-corrected chi connectivity index (χ1v) is 13.9. The molecule has 1 saturated carbocycles. The smallest absolute Gasteiger partial charge is 0.318 e. The number of rotatable bonds is 11. The molecule has 2 aliphatic heterocycles. The van der Waals surface area contributed by atoms with Gasteiger partial charge in [-0.15, -0.1) is 0 Å². The number of nitrogens with one attached hydrogen (secondary N) is 2. The van der Waals surface area contributed by atoms with E-state index in [4.69, 9.17) is 14.2 Å². The van der Waals surface area contributed by atoms with Gasteiger partial charge in [0.2, 0.25) is 5.91 Å². The van der Waals surface area contributed by atoms with E-state index in [0.29, 0.717) is 58.3 Å². The van der Waals surface area contributed by atoms with E-state index in [0.717, 1.165) is 25.7 Å². The molecule has 3 rings (SSSR count). The number of ether oxygens (including phenoxy) is 3. The van der Waals surface area contributed by atoms with Crippen molar-refractivity contribution in [3.8, 4) is 0 Å². The van der Waals surface area contributed by atoms with Crippen LogP contribution in [0.4, 0.5) is 4.79 Å². The summed E-state index contributed by atoms with van der Waals surface area (Å²) in [4.78, 5) is 28.2. The molecule has 0 spiro atoms. The molecule has 3 aliphatic rings. The third-order valence-electron chi connectivity index (χ3n) is 7.50. The zero-order chi connectivity index (χ0) is 24.9. The van der Waals surface area contributed by atoms with E-state index in [-0.39, 0.29) is 24.6 Å². The maximum atomic E-state index is 13.5. The lowest BCUT2D eigenvalue weighted by Gasteiger charge is -2.31. The van der Waals surface area contributed by atoms with Crippen molar-refractivity contribution in [2.45, 2.75) is 102 Å². The van der Waals surface area contributed by atoms with Crippen molar-refractivity contribution >= 4 is 11.9 Å². The molecule has 2 saturated heterocycles. The second kappa shape index (κ2) is 15.6. The Hall–Kier alpha value is -1.42. The first-order valence-electron chi connectivity index (χ1n) is 13.9. The van der Waals surface area contributed by atoms with E-state index >= 15 is 0 Å². The Bertz CT molecular complexity index is 622. The average molecular weight is 498 g/mol. The van der Waals surface area contributed by atoms with Crippen molar-refractivity contribution in [3.63, 3.8) is 0 Å². The van der Waals surface area contributed by atoms with Crippen LogP contribution in [-0.2, 0) is 19.0 Å². The molecule has 35 heavy (non-hydrogen) atoms. The van der Waals surface area contributed by atoms with Crippen LogP contribution in [0.5, 0.6) is 0 Å². The summed E-state index contributed by atoms with van der Waals surface area (Å²) in [6.07, 6.45) is 10.5. The minimum Gasteiger partial charge on any atom is -0.388 e. The number of urea groups is 1. The molecule has 0 aromatic carbocycles. The highest BCUT2D eigenvalue weighted by molar-refractivity contribution is 5.87. The first kappa shape index (κ1) is 28.2. The summed E-state index contributed by atoms with van der Waals surface area (Å²) in [6, 6.07) is -1.36. The van der Waals surface area contributed by atoms with Gasteiger partial charge < -0.3 is 34.9 Å². The van der Waals surface area contributed by atoms with Crippen LogP contribution >= 0.6 is 0 Å². The molecule has 0 radical (unpaired) electrons. The van der Waals surface area contributed by atoms with Crippen molar-refractivity contribution < 1.29 is 28.9 Å². The fraction of sp³-hybridized carbons (Fsp3) is 0.923. The molecule has 202 valence electrons. The maximum absolute atomic E-state index is 13.5. The van der Waals surface area contributed by atoms with E-state index in [2.05, 4.69) is 17.6 Å². The Morgan fingerprint density at radius 1 is 1.09 bits per heavy atom. The van der Waals surface area contributed by atoms with Crippen molar-refractivity contribution in [2.75, 3.05) is 46.1 Å². The van der Waals surface area contributed by atoms with Crippen LogP contribution < -0.4 is 10.6 Å². The van der Waals surface area contributed by atoms with E-state index in [1.165, 1.54) is 32.1 Å². The number of hydrogen-bond donors (Lipinski definition) is 3. The largest absolute Gasteiger partial charge is 0.388 e. The van der Waals surface area contributed by atoms with Gasteiger partial charge in [0, 0.05) is 26.3 Å². The predicted octanol–water partition coefficient (Wildman–Crippen LogP) is 2.60. The first-order chi connectivity index (χ1) is 17.1. The Morgan fingerprint density at radius 3 is 2.51 bits per heavy atom. The second-order valence-electron chi connectivity index (χ2n) is 10.3. The van der Waals surface area contributed by atoms with Crippen LogP contribution in [0.25, 0.3) is 0 Å². The number of hydrogen-bond acceptors (Lipinski definition) is 6. The van der Waals surface area contributed by atoms with Gasteiger partial charge in [0.25, 0.3) is 0 Å². The summed E-state index contributed by atoms with van der Waals surface area (Å²) < 4.78 is 16.8. The lowest BCUT2D eigenvalue weighted by Crippen LogP contribution is -2.57. The summed E-state index contributed by atoms with van der Waals surface area (Å²) in [5.74, 6) is 0.170. The standard InChI is InChI=1S/C26H47N3O6/c1-2-3-14-33-15-11-23-24(22(30)19-35-23)28-25(31)21(18-20-9-7-5-4-6-8-10-20)27-26(32)29-12-16-34-17-13-29/h20-24,30H,2-19H2,1H3,(H,27,32)(H,28,31)/t21-,22-,23-,24+/m0/s1. The summed E-state index contributed by atoms with van der Waals surface area (Å²) in [5, 5.41) is 16.6. The summed E-state index contributed by atoms with van der Waals surface area (Å²) in [6.45, 7) is 5.63. The van der Waals surface area contributed by atoms with Crippen molar-refractivity contribution in [3.05, 3.63) is 0 Å². The number of aliphatic hydroxyl groups is 1. The van der Waals surface area contributed by atoms with Gasteiger partial charge in [0.1, 0.15) is 12.1 Å². The van der Waals surface area contributed by atoms with Crippen LogP contribution in [0.1, 0.15) is 77.6 Å². The lowest BCUT2D eigenvalue weighted by atomic mass is 9.86. The van der Waals surface area contributed by atoms with Crippen LogP contribution in [0.15, 0.2) is 0 Å². The van der Waals surface area contributed by atoms with Crippen LogP contribution in [0.2, 0.25) is 0 Å². The molecule has 3 amide bonds. The highest BCUT2D eigenvalue weighted by Crippen LogP contribution is 2.26. The highest BCUT2D eigenvalue weighted by Gasteiger charge is 2.39. The highest BCUT2D eigenvalue weighted by atomic mass is 16.5. The molecule has 2 heterocycles. The van der Waals surface area contributed by atoms with Gasteiger partial charge in [0.05, 0.1) is 32.0 Å². The SMILES string of the molecule is CCCCOCC[C@@H]1OC[C@H](O)[C@H]1NC(=O)[C@H](CC1CCCCCCC1)NC(=O)N1CCOCC1. The minimum atomic E-state index is -0.767. The van der Waals surface area contributed by atoms with Crippen molar-refractivity contribution in [1.29, 1.82) is 0 Å². The Kier molecular flexibility index (Phi) is 12.6. The van der Waals surface area contributed by atoms with Gasteiger partial charge in [-0.1, -0.05) is 58.3 Å². The lowest BCUT2D eigenvalue weighted by molar-refractivity contribution is -0.125. The van der Waals surface area contributed by atoms with Gasteiger partial charge in [-0.05, 0) is 25.2 Å². The molecule has 3 fully saturated rings. The van der Waals surface area contributed by atoms with Crippen molar-refractivity contribution in [2.24, 2.45) is 5.92 Å². The fourth-order valence-corrected chi connectivity index (χ4v) is 5.29. The molecule has 9 nitrogen and oxygen atoms in total. The number of carbonyl (C=O) groups is 2. The molecular weight excluding hydrogens is 450 g/mol. The van der Waals surface area contributed by atoms with E-state index in [9.17, 15) is 14.7 Å². The fourth-order valence-electron chi connectivity index (χ4n) is 5.29. The number of amides is 3. The number of unbranched alkanes of at least 4 members (excludes halogenated alkanes) is 1. The summed E-state index contributed by atoms with van der Waals surface area (Å²) in [7, 11) is 0. The quantitative estimate of drug-likeness (QED) is 0.379. The zero-order valence-corrected chi connectivity index (χ0v) is 21.6. The minimum absolute atomic E-state index is 0.192. The monoisotopic (exact) mass is 497 g/mol. The Morgan fingerprint density at radius 2 is 1.80 bits per heavy atom. The number of carbonyl (C=O) groups excluding carboxylic acids is 2. The number of nitrogens with zero attached hydrogens (tertiary/aromatic N) is 1. The van der Waals surface area contributed by atoms with Gasteiger partial charge in [-0.25, -0.2) is 4.79 Å². The molecule has 4 atom stereocenters. The summed E-state index contributed by atoms with van der Waals surface area (Å²) in [5.41, 5.74) is 0. The number of aliphatic hydroxyl groups excluding tert-OH is 1. The Labute approximate surface area is 210 Å². The normalized spacial score (nSPS) is 27.1. The Balaban J connectivity index is 1.60. The molecule has 3 N–H and O–H groups in total. The molecule has 0 aromatic rings. The third kappa shape index (κ3) is 9.52. The zero-order valence-electron chi connectivity index (χ0n) is 21.6. The van der Waals surface area contributed by atoms with Gasteiger partial charge in [-0.2, -0.15) is 0 Å². The topological polar surface area (TPSA) is 109 Å². The van der Waals surface area contributed by atoms with Gasteiger partial charge >= 0.3 is 6.03 Å².